The van der Waals surface area contributed by atoms with Gasteiger partial charge in [0.25, 0.3) is 0 Å². The topological polar surface area (TPSA) is 0 Å². The summed E-state index contributed by atoms with van der Waals surface area (Å²) in [4.78, 5) is 0. The minimum absolute atomic E-state index is 0.000292. The summed E-state index contributed by atoms with van der Waals surface area (Å²) in [5.74, 6) is 0.739. The summed E-state index contributed by atoms with van der Waals surface area (Å²) in [6, 6.07) is 34.7. The molecule has 0 heteroatoms. The highest BCUT2D eigenvalue weighted by Gasteiger charge is 2.41. The molecule has 0 N–H and O–H groups in total. The van der Waals surface area contributed by atoms with Crippen molar-refractivity contribution < 1.29 is 0 Å². The van der Waals surface area contributed by atoms with E-state index in [1.807, 2.05) is 0 Å². The highest BCUT2D eigenvalue weighted by Crippen LogP contribution is 2.58. The average Bonchev–Trinajstić information content (AvgIpc) is 3.51. The number of hydrogen-bond donors (Lipinski definition) is 0. The van der Waals surface area contributed by atoms with Crippen LogP contribution in [-0.2, 0) is 10.8 Å². The molecule has 0 bridgehead atoms. The first-order valence-corrected chi connectivity index (χ1v) is 16.5. The molecule has 0 saturated heterocycles. The Bertz CT molecular complexity index is 1700. The summed E-state index contributed by atoms with van der Waals surface area (Å²) >= 11 is 0. The predicted octanol–water partition coefficient (Wildman–Crippen LogP) is 12.2. The van der Waals surface area contributed by atoms with E-state index in [0.717, 1.165) is 0 Å². The molecule has 0 aliphatic heterocycles. The lowest BCUT2D eigenvalue weighted by Crippen LogP contribution is -2.20. The van der Waals surface area contributed by atoms with Crippen molar-refractivity contribution in [1.82, 2.24) is 0 Å². The lowest BCUT2D eigenvalue weighted by atomic mass is 9.70. The molecule has 0 aromatic heterocycles. The number of hydrogen-bond acceptors (Lipinski definition) is 0. The van der Waals surface area contributed by atoms with Crippen LogP contribution in [-0.4, -0.2) is 0 Å². The molecule has 0 heterocycles. The van der Waals surface area contributed by atoms with Gasteiger partial charge in [0, 0.05) is 17.8 Å². The molecular formula is C44H50. The maximum atomic E-state index is 2.55. The van der Waals surface area contributed by atoms with Crippen LogP contribution in [0.25, 0.3) is 16.7 Å². The van der Waals surface area contributed by atoms with Gasteiger partial charge in [0.15, 0.2) is 0 Å². The normalized spacial score (nSPS) is 18.2. The summed E-state index contributed by atoms with van der Waals surface area (Å²) in [6.07, 6.45) is 5.05. The highest BCUT2D eigenvalue weighted by molar-refractivity contribution is 5.90. The molecule has 0 radical (unpaired) electrons. The molecule has 2 aliphatic carbocycles. The standard InChI is InChI=1S/C44H50/c1-28-25-32(43(5,6)7)27-35(28)39-37(44(8,9)10)24-23-34-33-22-21-31(42(2,3)4)26-36(33)41(40(34)39)38(29-17-13-11-14-18-29)30-19-15-12-16-20-30/h11-28,38,41H,1-10H3. The highest BCUT2D eigenvalue weighted by atomic mass is 14.4. The number of rotatable bonds is 4. The van der Waals surface area contributed by atoms with Crippen molar-refractivity contribution in [1.29, 1.82) is 0 Å². The van der Waals surface area contributed by atoms with Crippen LogP contribution in [0.1, 0.15) is 120 Å². The van der Waals surface area contributed by atoms with Gasteiger partial charge in [-0.1, -0.05) is 172 Å². The van der Waals surface area contributed by atoms with Gasteiger partial charge < -0.3 is 0 Å². The Morgan fingerprint density at radius 3 is 1.66 bits per heavy atom. The molecule has 4 aromatic rings. The largest absolute Gasteiger partial charge is 0.0735 e. The van der Waals surface area contributed by atoms with Crippen molar-refractivity contribution in [2.24, 2.45) is 11.3 Å². The molecule has 0 saturated carbocycles. The minimum Gasteiger partial charge on any atom is -0.0735 e. The summed E-state index contributed by atoms with van der Waals surface area (Å²) in [5, 5.41) is 0. The lowest BCUT2D eigenvalue weighted by molar-refractivity contribution is 0.516. The smallest absolute Gasteiger partial charge is 0.0217 e. The van der Waals surface area contributed by atoms with Crippen LogP contribution < -0.4 is 0 Å². The van der Waals surface area contributed by atoms with E-state index in [1.54, 1.807) is 0 Å². The van der Waals surface area contributed by atoms with Gasteiger partial charge in [-0.15, -0.1) is 0 Å². The van der Waals surface area contributed by atoms with E-state index in [2.05, 4.69) is 172 Å². The Balaban J connectivity index is 1.73. The minimum atomic E-state index is 0.000292. The van der Waals surface area contributed by atoms with E-state index >= 15 is 0 Å². The molecule has 44 heavy (non-hydrogen) atoms. The van der Waals surface area contributed by atoms with Crippen LogP contribution >= 0.6 is 0 Å². The molecule has 226 valence electrons. The van der Waals surface area contributed by atoms with Gasteiger partial charge in [0.05, 0.1) is 0 Å². The predicted molar refractivity (Wildman–Crippen MR) is 191 cm³/mol. The Kier molecular flexibility index (Phi) is 7.43. The Hall–Kier alpha value is -3.64. The van der Waals surface area contributed by atoms with E-state index in [4.69, 9.17) is 0 Å². The first-order valence-electron chi connectivity index (χ1n) is 16.5. The molecule has 2 unspecified atom stereocenters. The van der Waals surface area contributed by atoms with Crippen LogP contribution in [0.15, 0.2) is 109 Å². The third-order valence-electron chi connectivity index (χ3n) is 9.94. The van der Waals surface area contributed by atoms with E-state index in [0.29, 0.717) is 5.92 Å². The third-order valence-corrected chi connectivity index (χ3v) is 9.94. The van der Waals surface area contributed by atoms with Crippen molar-refractivity contribution >= 4 is 5.57 Å². The lowest BCUT2D eigenvalue weighted by Gasteiger charge is -2.33. The third kappa shape index (κ3) is 5.32. The summed E-state index contributed by atoms with van der Waals surface area (Å²) < 4.78 is 0. The van der Waals surface area contributed by atoms with Crippen LogP contribution in [0.3, 0.4) is 0 Å². The number of allylic oxidation sites excluding steroid dienone is 4. The van der Waals surface area contributed by atoms with Crippen molar-refractivity contribution in [3.05, 3.63) is 148 Å². The Morgan fingerprint density at radius 1 is 0.591 bits per heavy atom. The molecule has 0 nitrogen and oxygen atoms in total. The quantitative estimate of drug-likeness (QED) is 0.226. The second kappa shape index (κ2) is 10.8. The van der Waals surface area contributed by atoms with Crippen LogP contribution in [0, 0.1) is 11.3 Å². The van der Waals surface area contributed by atoms with Gasteiger partial charge in [-0.05, 0) is 77.5 Å². The average molecular weight is 579 g/mol. The Labute approximate surface area is 267 Å². The SMILES string of the molecule is CC1C=C(C(C)(C)C)C=C1c1c(C(C)(C)C)ccc2c1C(C(c1ccccc1)c1ccccc1)c1cc(C(C)(C)C)ccc1-2. The number of benzene rings is 4. The maximum Gasteiger partial charge on any atom is 0.0217 e. The molecule has 0 amide bonds. The van der Waals surface area contributed by atoms with E-state index in [1.165, 1.54) is 61.2 Å². The number of fused-ring (bicyclic) bond motifs is 3. The maximum absolute atomic E-state index is 2.55. The molecule has 2 atom stereocenters. The zero-order valence-electron chi connectivity index (χ0n) is 28.5. The second-order valence-corrected chi connectivity index (χ2v) is 16.3. The summed E-state index contributed by atoms with van der Waals surface area (Å²) in [5.41, 5.74) is 16.0. The fourth-order valence-electron chi connectivity index (χ4n) is 7.52. The van der Waals surface area contributed by atoms with Crippen molar-refractivity contribution in [3.63, 3.8) is 0 Å². The zero-order chi connectivity index (χ0) is 31.6. The molecule has 2 aliphatic rings. The van der Waals surface area contributed by atoms with Crippen LogP contribution in [0.4, 0.5) is 0 Å². The van der Waals surface area contributed by atoms with Crippen molar-refractivity contribution in [2.75, 3.05) is 0 Å². The van der Waals surface area contributed by atoms with Crippen molar-refractivity contribution in [2.45, 2.75) is 91.9 Å². The molecule has 0 fully saturated rings. The molecule has 6 rings (SSSR count). The van der Waals surface area contributed by atoms with Gasteiger partial charge in [-0.3, -0.25) is 0 Å². The van der Waals surface area contributed by atoms with Gasteiger partial charge in [-0.2, -0.15) is 0 Å². The van der Waals surface area contributed by atoms with Gasteiger partial charge in [-0.25, -0.2) is 0 Å². The van der Waals surface area contributed by atoms with E-state index in [-0.39, 0.29) is 28.1 Å². The Morgan fingerprint density at radius 2 is 1.16 bits per heavy atom. The van der Waals surface area contributed by atoms with Crippen LogP contribution in [0.5, 0.6) is 0 Å². The second-order valence-electron chi connectivity index (χ2n) is 16.3. The van der Waals surface area contributed by atoms with Gasteiger partial charge >= 0.3 is 0 Å². The fourth-order valence-corrected chi connectivity index (χ4v) is 7.52. The monoisotopic (exact) mass is 578 g/mol. The summed E-state index contributed by atoms with van der Waals surface area (Å²) in [6.45, 7) is 23.6. The molecule has 0 spiro atoms. The van der Waals surface area contributed by atoms with Crippen molar-refractivity contribution in [3.8, 4) is 11.1 Å². The van der Waals surface area contributed by atoms with Gasteiger partial charge in [0.2, 0.25) is 0 Å². The van der Waals surface area contributed by atoms with E-state index in [9.17, 15) is 0 Å². The molecular weight excluding hydrogens is 528 g/mol. The molecule has 4 aromatic carbocycles. The van der Waals surface area contributed by atoms with Gasteiger partial charge in [0.1, 0.15) is 0 Å². The first kappa shape index (κ1) is 30.4. The van der Waals surface area contributed by atoms with E-state index < -0.39 is 0 Å². The zero-order valence-corrected chi connectivity index (χ0v) is 28.5. The summed E-state index contributed by atoms with van der Waals surface area (Å²) in [7, 11) is 0. The fraction of sp³-hybridized carbons (Fsp3) is 0.364. The van der Waals surface area contributed by atoms with Crippen LogP contribution in [0.2, 0.25) is 0 Å². The first-order chi connectivity index (χ1) is 20.7.